The third-order valence-corrected chi connectivity index (χ3v) is 2.50. The average molecular weight is 235 g/mol. The number of esters is 1. The van der Waals surface area contributed by atoms with Gasteiger partial charge in [-0.3, -0.25) is 4.79 Å². The van der Waals surface area contributed by atoms with Crippen molar-refractivity contribution in [3.63, 3.8) is 0 Å². The molecule has 0 saturated carbocycles. The lowest BCUT2D eigenvalue weighted by molar-refractivity contribution is -0.125. The normalized spacial score (nSPS) is 12.2. The molecule has 4 nitrogen and oxygen atoms in total. The van der Waals surface area contributed by atoms with E-state index in [4.69, 9.17) is 10.5 Å². The van der Waals surface area contributed by atoms with E-state index in [0.29, 0.717) is 11.5 Å². The van der Waals surface area contributed by atoms with Gasteiger partial charge in [0, 0.05) is 0 Å². The van der Waals surface area contributed by atoms with Gasteiger partial charge in [0.15, 0.2) is 6.10 Å². The first-order chi connectivity index (χ1) is 7.91. The molecule has 0 saturated heterocycles. The molecule has 0 aliphatic heterocycles. The van der Waals surface area contributed by atoms with Crippen molar-refractivity contribution in [1.82, 2.24) is 0 Å². The summed E-state index contributed by atoms with van der Waals surface area (Å²) in [5.41, 5.74) is 6.57. The molecule has 1 rings (SSSR count). The van der Waals surface area contributed by atoms with Crippen molar-refractivity contribution in [3.05, 3.63) is 35.4 Å². The number of carbonyl (C=O) groups is 2. The van der Waals surface area contributed by atoms with E-state index in [1.807, 2.05) is 12.1 Å². The van der Waals surface area contributed by atoms with Crippen LogP contribution in [0.2, 0.25) is 0 Å². The smallest absolute Gasteiger partial charge is 0.338 e. The number of ether oxygens (including phenoxy) is 1. The van der Waals surface area contributed by atoms with Crippen molar-refractivity contribution < 1.29 is 14.3 Å². The monoisotopic (exact) mass is 235 g/mol. The Labute approximate surface area is 101 Å². The molecule has 1 aromatic rings. The number of rotatable bonds is 4. The van der Waals surface area contributed by atoms with Crippen molar-refractivity contribution in [3.8, 4) is 0 Å². The highest BCUT2D eigenvalue weighted by molar-refractivity contribution is 5.91. The van der Waals surface area contributed by atoms with Crippen LogP contribution < -0.4 is 5.73 Å². The molecular weight excluding hydrogens is 218 g/mol. The molecule has 0 aliphatic carbocycles. The summed E-state index contributed by atoms with van der Waals surface area (Å²) in [6.45, 7) is 5.59. The highest BCUT2D eigenvalue weighted by Crippen LogP contribution is 2.15. The number of amides is 1. The molecule has 17 heavy (non-hydrogen) atoms. The number of hydrogen-bond acceptors (Lipinski definition) is 3. The zero-order valence-electron chi connectivity index (χ0n) is 10.3. The number of carbonyl (C=O) groups excluding carboxylic acids is 2. The SMILES string of the molecule is CC(C)c1ccc(C(=O)O[C@H](C)C(N)=O)cc1. The first-order valence-corrected chi connectivity index (χ1v) is 5.52. The van der Waals surface area contributed by atoms with Crippen LogP contribution in [-0.4, -0.2) is 18.0 Å². The molecule has 92 valence electrons. The minimum Gasteiger partial charge on any atom is -0.449 e. The minimum atomic E-state index is -0.910. The summed E-state index contributed by atoms with van der Waals surface area (Å²) in [6.07, 6.45) is -0.910. The number of primary amides is 1. The van der Waals surface area contributed by atoms with Crippen molar-refractivity contribution in [2.24, 2.45) is 5.73 Å². The van der Waals surface area contributed by atoms with Crippen LogP contribution in [0.15, 0.2) is 24.3 Å². The lowest BCUT2D eigenvalue weighted by atomic mass is 10.0. The second kappa shape index (κ2) is 5.48. The van der Waals surface area contributed by atoms with Crippen LogP contribution in [-0.2, 0) is 9.53 Å². The lowest BCUT2D eigenvalue weighted by Gasteiger charge is -2.10. The number of nitrogens with two attached hydrogens (primary N) is 1. The lowest BCUT2D eigenvalue weighted by Crippen LogP contribution is -2.30. The van der Waals surface area contributed by atoms with Gasteiger partial charge in [-0.15, -0.1) is 0 Å². The Balaban J connectivity index is 2.73. The maximum Gasteiger partial charge on any atom is 0.338 e. The zero-order chi connectivity index (χ0) is 13.0. The van der Waals surface area contributed by atoms with Crippen molar-refractivity contribution in [2.45, 2.75) is 32.8 Å². The standard InChI is InChI=1S/C13H17NO3/c1-8(2)10-4-6-11(7-5-10)13(16)17-9(3)12(14)15/h4-9H,1-3H3,(H2,14,15)/t9-/m1/s1. The fourth-order valence-corrected chi connectivity index (χ4v) is 1.29. The Morgan fingerprint density at radius 3 is 2.06 bits per heavy atom. The van der Waals surface area contributed by atoms with Crippen LogP contribution in [0.4, 0.5) is 0 Å². The fourth-order valence-electron chi connectivity index (χ4n) is 1.29. The first kappa shape index (κ1) is 13.2. The molecular formula is C13H17NO3. The first-order valence-electron chi connectivity index (χ1n) is 5.52. The van der Waals surface area contributed by atoms with Gasteiger partial charge < -0.3 is 10.5 Å². The topological polar surface area (TPSA) is 69.4 Å². The zero-order valence-corrected chi connectivity index (χ0v) is 10.3. The van der Waals surface area contributed by atoms with Gasteiger partial charge in [-0.25, -0.2) is 4.79 Å². The van der Waals surface area contributed by atoms with E-state index in [1.165, 1.54) is 6.92 Å². The van der Waals surface area contributed by atoms with Crippen molar-refractivity contribution in [2.75, 3.05) is 0 Å². The third-order valence-electron chi connectivity index (χ3n) is 2.50. The maximum absolute atomic E-state index is 11.6. The molecule has 0 unspecified atom stereocenters. The largest absolute Gasteiger partial charge is 0.449 e. The highest BCUT2D eigenvalue weighted by Gasteiger charge is 2.15. The second-order valence-corrected chi connectivity index (χ2v) is 4.23. The summed E-state index contributed by atoms with van der Waals surface area (Å²) in [6, 6.07) is 7.11. The quantitative estimate of drug-likeness (QED) is 0.809. The summed E-state index contributed by atoms with van der Waals surface area (Å²) < 4.78 is 4.88. The molecule has 1 aromatic carbocycles. The summed E-state index contributed by atoms with van der Waals surface area (Å²) >= 11 is 0. The molecule has 2 N–H and O–H groups in total. The maximum atomic E-state index is 11.6. The molecule has 0 fully saturated rings. The fraction of sp³-hybridized carbons (Fsp3) is 0.385. The molecule has 1 amide bonds. The van der Waals surface area contributed by atoms with Crippen LogP contribution in [0, 0.1) is 0 Å². The summed E-state index contributed by atoms with van der Waals surface area (Å²) in [7, 11) is 0. The molecule has 0 radical (unpaired) electrons. The van der Waals surface area contributed by atoms with E-state index in [2.05, 4.69) is 13.8 Å². The Kier molecular flexibility index (Phi) is 4.26. The predicted molar refractivity (Wildman–Crippen MR) is 64.6 cm³/mol. The van der Waals surface area contributed by atoms with Crippen LogP contribution in [0.25, 0.3) is 0 Å². The molecule has 1 atom stereocenters. The Hall–Kier alpha value is -1.84. The average Bonchev–Trinajstić information content (AvgIpc) is 2.28. The molecule has 0 spiro atoms. The van der Waals surface area contributed by atoms with Crippen molar-refractivity contribution >= 4 is 11.9 Å². The van der Waals surface area contributed by atoms with Gasteiger partial charge in [-0.1, -0.05) is 26.0 Å². The number of benzene rings is 1. The third kappa shape index (κ3) is 3.59. The van der Waals surface area contributed by atoms with Crippen LogP contribution >= 0.6 is 0 Å². The Morgan fingerprint density at radius 1 is 1.12 bits per heavy atom. The Morgan fingerprint density at radius 2 is 1.65 bits per heavy atom. The van der Waals surface area contributed by atoms with Crippen LogP contribution in [0.1, 0.15) is 42.6 Å². The number of hydrogen-bond donors (Lipinski definition) is 1. The molecule has 0 aromatic heterocycles. The molecule has 4 heteroatoms. The van der Waals surface area contributed by atoms with E-state index >= 15 is 0 Å². The van der Waals surface area contributed by atoms with E-state index < -0.39 is 18.0 Å². The molecule has 0 heterocycles. The Bertz CT molecular complexity index is 409. The molecule has 0 bridgehead atoms. The van der Waals surface area contributed by atoms with Crippen LogP contribution in [0.3, 0.4) is 0 Å². The molecule has 0 aliphatic rings. The van der Waals surface area contributed by atoms with Gasteiger partial charge in [-0.2, -0.15) is 0 Å². The summed E-state index contributed by atoms with van der Waals surface area (Å²) in [5.74, 6) is -0.784. The minimum absolute atomic E-state index is 0.407. The van der Waals surface area contributed by atoms with Crippen molar-refractivity contribution in [1.29, 1.82) is 0 Å². The van der Waals surface area contributed by atoms with E-state index in [-0.39, 0.29) is 0 Å². The van der Waals surface area contributed by atoms with Gasteiger partial charge in [0.25, 0.3) is 5.91 Å². The second-order valence-electron chi connectivity index (χ2n) is 4.23. The van der Waals surface area contributed by atoms with E-state index in [9.17, 15) is 9.59 Å². The van der Waals surface area contributed by atoms with Crippen LogP contribution in [0.5, 0.6) is 0 Å². The van der Waals surface area contributed by atoms with Gasteiger partial charge >= 0.3 is 5.97 Å². The van der Waals surface area contributed by atoms with Gasteiger partial charge in [-0.05, 0) is 30.5 Å². The van der Waals surface area contributed by atoms with Gasteiger partial charge in [0.1, 0.15) is 0 Å². The predicted octanol–water partition coefficient (Wildman–Crippen LogP) is 1.84. The van der Waals surface area contributed by atoms with Gasteiger partial charge in [0.05, 0.1) is 5.56 Å². The summed E-state index contributed by atoms with van der Waals surface area (Å²) in [4.78, 5) is 22.4. The highest BCUT2D eigenvalue weighted by atomic mass is 16.5. The van der Waals surface area contributed by atoms with E-state index in [1.54, 1.807) is 12.1 Å². The van der Waals surface area contributed by atoms with E-state index in [0.717, 1.165) is 5.56 Å². The summed E-state index contributed by atoms with van der Waals surface area (Å²) in [5, 5.41) is 0. The van der Waals surface area contributed by atoms with Gasteiger partial charge in [0.2, 0.25) is 0 Å².